The fourth-order valence-electron chi connectivity index (χ4n) is 1.98. The quantitative estimate of drug-likeness (QED) is 0.681. The molecule has 21 heavy (non-hydrogen) atoms. The predicted octanol–water partition coefficient (Wildman–Crippen LogP) is 1.86. The first-order valence-electron chi connectivity index (χ1n) is 7.78. The average Bonchev–Trinajstić information content (AvgIpc) is 3.28. The second-order valence-electron chi connectivity index (χ2n) is 5.44. The van der Waals surface area contributed by atoms with Gasteiger partial charge in [0.1, 0.15) is 17.5 Å². The van der Waals surface area contributed by atoms with Gasteiger partial charge in [-0.25, -0.2) is 9.97 Å². The third-order valence-electron chi connectivity index (χ3n) is 3.41. The lowest BCUT2D eigenvalue weighted by molar-refractivity contribution is -0.119. The van der Waals surface area contributed by atoms with Crippen LogP contribution in [0, 0.1) is 6.92 Å². The van der Waals surface area contributed by atoms with Crippen molar-refractivity contribution in [3.63, 3.8) is 0 Å². The van der Waals surface area contributed by atoms with Crippen molar-refractivity contribution in [2.75, 3.05) is 23.7 Å². The Hall–Kier alpha value is -1.85. The van der Waals surface area contributed by atoms with Crippen molar-refractivity contribution < 1.29 is 4.79 Å². The third kappa shape index (κ3) is 4.58. The van der Waals surface area contributed by atoms with E-state index in [1.54, 1.807) is 0 Å². The van der Waals surface area contributed by atoms with Crippen molar-refractivity contribution in [1.29, 1.82) is 0 Å². The number of hydrogen-bond donors (Lipinski definition) is 3. The molecule has 116 valence electrons. The van der Waals surface area contributed by atoms with Crippen LogP contribution >= 0.6 is 0 Å². The molecule has 0 saturated heterocycles. The number of nitrogens with one attached hydrogen (secondary N) is 3. The van der Waals surface area contributed by atoms with Gasteiger partial charge in [0.25, 0.3) is 0 Å². The van der Waals surface area contributed by atoms with Crippen LogP contribution in [0.3, 0.4) is 0 Å². The van der Waals surface area contributed by atoms with Crippen molar-refractivity contribution in [3.8, 4) is 0 Å². The Bertz CT molecular complexity index is 499. The molecule has 3 N–H and O–H groups in total. The van der Waals surface area contributed by atoms with Crippen molar-refractivity contribution in [2.24, 2.45) is 0 Å². The number of carbonyl (C=O) groups excluding carboxylic acids is 1. The summed E-state index contributed by atoms with van der Waals surface area (Å²) in [5.74, 6) is 2.40. The minimum Gasteiger partial charge on any atom is -0.370 e. The van der Waals surface area contributed by atoms with Crippen molar-refractivity contribution in [1.82, 2.24) is 15.3 Å². The molecule has 0 aliphatic heterocycles. The number of hydrogen-bond acceptors (Lipinski definition) is 5. The van der Waals surface area contributed by atoms with Gasteiger partial charge >= 0.3 is 0 Å². The lowest BCUT2D eigenvalue weighted by atomic mass is 10.2. The van der Waals surface area contributed by atoms with Gasteiger partial charge in [-0.2, -0.15) is 0 Å². The molecule has 0 aromatic carbocycles. The molecule has 1 aromatic heterocycles. The molecule has 1 saturated carbocycles. The summed E-state index contributed by atoms with van der Waals surface area (Å²) in [4.78, 5) is 20.8. The molecule has 6 nitrogen and oxygen atoms in total. The Morgan fingerprint density at radius 3 is 2.43 bits per heavy atom. The maximum atomic E-state index is 11.8. The van der Waals surface area contributed by atoms with Gasteiger partial charge in [-0.05, 0) is 26.2 Å². The Kier molecular flexibility index (Phi) is 5.36. The largest absolute Gasteiger partial charge is 0.370 e. The van der Waals surface area contributed by atoms with Crippen LogP contribution in [0.2, 0.25) is 0 Å². The molecule has 2 rings (SSSR count). The number of anilines is 2. The Morgan fingerprint density at radius 1 is 1.19 bits per heavy atom. The standard InChI is InChI=1S/C15H25N5O/c1-4-8-16-14-10(3)15(20-12(5-2)19-14)17-9-13(21)18-11-6-7-11/h11H,4-9H2,1-3H3,(H,18,21)(H2,16,17,19,20). The summed E-state index contributed by atoms with van der Waals surface area (Å²) < 4.78 is 0. The maximum absolute atomic E-state index is 11.8. The third-order valence-corrected chi connectivity index (χ3v) is 3.41. The highest BCUT2D eigenvalue weighted by Gasteiger charge is 2.23. The van der Waals surface area contributed by atoms with Gasteiger partial charge in [0.2, 0.25) is 5.91 Å². The fourth-order valence-corrected chi connectivity index (χ4v) is 1.98. The summed E-state index contributed by atoms with van der Waals surface area (Å²) >= 11 is 0. The summed E-state index contributed by atoms with van der Waals surface area (Å²) in [6.07, 6.45) is 4.01. The van der Waals surface area contributed by atoms with Crippen LogP contribution in [-0.4, -0.2) is 35.0 Å². The zero-order valence-electron chi connectivity index (χ0n) is 13.1. The Balaban J connectivity index is 2.03. The summed E-state index contributed by atoms with van der Waals surface area (Å²) in [5.41, 5.74) is 0.958. The zero-order valence-corrected chi connectivity index (χ0v) is 13.1. The number of aromatic nitrogens is 2. The highest BCUT2D eigenvalue weighted by Crippen LogP contribution is 2.21. The number of carbonyl (C=O) groups is 1. The molecule has 0 spiro atoms. The van der Waals surface area contributed by atoms with Crippen LogP contribution in [0.15, 0.2) is 0 Å². The van der Waals surface area contributed by atoms with Crippen LogP contribution in [0.25, 0.3) is 0 Å². The molecule has 1 aliphatic carbocycles. The topological polar surface area (TPSA) is 78.9 Å². The van der Waals surface area contributed by atoms with Crippen LogP contribution in [0.5, 0.6) is 0 Å². The average molecular weight is 291 g/mol. The van der Waals surface area contributed by atoms with E-state index in [9.17, 15) is 4.79 Å². The molecule has 1 fully saturated rings. The van der Waals surface area contributed by atoms with E-state index in [1.807, 2.05) is 13.8 Å². The first-order chi connectivity index (χ1) is 10.1. The van der Waals surface area contributed by atoms with Gasteiger partial charge in [-0.1, -0.05) is 13.8 Å². The highest BCUT2D eigenvalue weighted by molar-refractivity contribution is 5.81. The zero-order chi connectivity index (χ0) is 15.2. The van der Waals surface area contributed by atoms with Gasteiger partial charge < -0.3 is 16.0 Å². The van der Waals surface area contributed by atoms with Crippen LogP contribution in [-0.2, 0) is 11.2 Å². The van der Waals surface area contributed by atoms with E-state index in [1.165, 1.54) is 0 Å². The van der Waals surface area contributed by atoms with Gasteiger partial charge in [0.05, 0.1) is 6.54 Å². The molecule has 1 aliphatic rings. The molecular formula is C15H25N5O. The second-order valence-corrected chi connectivity index (χ2v) is 5.44. The number of amides is 1. The second kappa shape index (κ2) is 7.24. The minimum absolute atomic E-state index is 0.0247. The van der Waals surface area contributed by atoms with Gasteiger partial charge in [-0.3, -0.25) is 4.79 Å². The normalized spacial score (nSPS) is 13.9. The predicted molar refractivity (Wildman–Crippen MR) is 84.6 cm³/mol. The number of rotatable bonds is 8. The van der Waals surface area contributed by atoms with Crippen LogP contribution in [0.1, 0.15) is 44.5 Å². The van der Waals surface area contributed by atoms with E-state index in [2.05, 4.69) is 32.8 Å². The lowest BCUT2D eigenvalue weighted by Gasteiger charge is -2.14. The Morgan fingerprint density at radius 2 is 1.86 bits per heavy atom. The summed E-state index contributed by atoms with van der Waals surface area (Å²) in [6.45, 7) is 7.25. The van der Waals surface area contributed by atoms with Crippen LogP contribution in [0.4, 0.5) is 11.6 Å². The van der Waals surface area contributed by atoms with E-state index >= 15 is 0 Å². The number of nitrogens with zero attached hydrogens (tertiary/aromatic N) is 2. The van der Waals surface area contributed by atoms with E-state index in [4.69, 9.17) is 0 Å². The smallest absolute Gasteiger partial charge is 0.239 e. The summed E-state index contributed by atoms with van der Waals surface area (Å²) in [5, 5.41) is 9.41. The molecule has 0 atom stereocenters. The molecule has 0 radical (unpaired) electrons. The van der Waals surface area contributed by atoms with E-state index in [0.29, 0.717) is 6.04 Å². The van der Waals surface area contributed by atoms with Crippen molar-refractivity contribution in [2.45, 2.75) is 52.5 Å². The first-order valence-corrected chi connectivity index (χ1v) is 7.78. The highest BCUT2D eigenvalue weighted by atomic mass is 16.2. The number of aryl methyl sites for hydroxylation is 1. The monoisotopic (exact) mass is 291 g/mol. The molecule has 1 aromatic rings. The fraction of sp³-hybridized carbons (Fsp3) is 0.667. The van der Waals surface area contributed by atoms with Gasteiger partial charge in [0, 0.05) is 24.6 Å². The van der Waals surface area contributed by atoms with E-state index in [0.717, 1.165) is 55.3 Å². The SMILES string of the molecule is CCCNc1nc(CC)nc(NCC(=O)NC2CC2)c1C. The van der Waals surface area contributed by atoms with Gasteiger partial charge in [-0.15, -0.1) is 0 Å². The summed E-state index contributed by atoms with van der Waals surface area (Å²) in [7, 11) is 0. The van der Waals surface area contributed by atoms with Crippen LogP contribution < -0.4 is 16.0 Å². The van der Waals surface area contributed by atoms with Crippen molar-refractivity contribution >= 4 is 17.5 Å². The molecule has 1 heterocycles. The van der Waals surface area contributed by atoms with E-state index < -0.39 is 0 Å². The first kappa shape index (κ1) is 15.5. The summed E-state index contributed by atoms with van der Waals surface area (Å²) in [6, 6.07) is 0.388. The Labute approximate surface area is 126 Å². The molecule has 6 heteroatoms. The lowest BCUT2D eigenvalue weighted by Crippen LogP contribution is -2.31. The van der Waals surface area contributed by atoms with E-state index in [-0.39, 0.29) is 12.5 Å². The molecule has 1 amide bonds. The molecule has 0 bridgehead atoms. The van der Waals surface area contributed by atoms with Gasteiger partial charge in [0.15, 0.2) is 0 Å². The molecule has 0 unspecified atom stereocenters. The van der Waals surface area contributed by atoms with Crippen molar-refractivity contribution in [3.05, 3.63) is 11.4 Å². The molecular weight excluding hydrogens is 266 g/mol. The maximum Gasteiger partial charge on any atom is 0.239 e. The minimum atomic E-state index is 0.0247.